The zero-order chi connectivity index (χ0) is 11.5. The smallest absolute Gasteiger partial charge is 0.335 e. The molecule has 1 heterocycles. The summed E-state index contributed by atoms with van der Waals surface area (Å²) in [5.41, 5.74) is 1.56. The van der Waals surface area contributed by atoms with Crippen LogP contribution in [0, 0.1) is 5.92 Å². The highest BCUT2D eigenvalue weighted by atomic mass is 32.2. The Hall–Kier alpha value is -0.960. The van der Waals surface area contributed by atoms with Gasteiger partial charge in [-0.05, 0) is 47.5 Å². The van der Waals surface area contributed by atoms with Crippen molar-refractivity contribution in [1.82, 2.24) is 0 Å². The van der Waals surface area contributed by atoms with Crippen LogP contribution in [0.2, 0.25) is 0 Å². The summed E-state index contributed by atoms with van der Waals surface area (Å²) in [7, 11) is 0. The third-order valence-corrected chi connectivity index (χ3v) is 4.52. The molecule has 0 aromatic heterocycles. The van der Waals surface area contributed by atoms with E-state index in [0.717, 1.165) is 5.56 Å². The normalized spacial score (nSPS) is 21.9. The predicted molar refractivity (Wildman–Crippen MR) is 67.2 cm³/mol. The molecule has 2 unspecified atom stereocenters. The topological polar surface area (TPSA) is 37.3 Å². The van der Waals surface area contributed by atoms with E-state index in [1.54, 1.807) is 6.07 Å². The molecule has 1 aliphatic heterocycles. The van der Waals surface area contributed by atoms with Crippen LogP contribution < -0.4 is 0 Å². The lowest BCUT2D eigenvalue weighted by Gasteiger charge is -2.18. The molecule has 1 saturated heterocycles. The first-order valence-corrected chi connectivity index (χ1v) is 6.75. The first-order chi connectivity index (χ1) is 7.68. The molecule has 3 heteroatoms. The summed E-state index contributed by atoms with van der Waals surface area (Å²) in [6, 6.07) is 7.36. The highest BCUT2D eigenvalue weighted by Crippen LogP contribution is 2.35. The number of thioether (sulfide) groups is 1. The van der Waals surface area contributed by atoms with Crippen molar-refractivity contribution in [3.05, 3.63) is 35.4 Å². The minimum Gasteiger partial charge on any atom is -0.478 e. The lowest BCUT2D eigenvalue weighted by atomic mass is 9.86. The van der Waals surface area contributed by atoms with Crippen molar-refractivity contribution < 1.29 is 9.90 Å². The van der Waals surface area contributed by atoms with Crippen LogP contribution in [0.25, 0.3) is 0 Å². The molecule has 0 aliphatic carbocycles. The van der Waals surface area contributed by atoms with Crippen molar-refractivity contribution in [3.63, 3.8) is 0 Å². The number of carbonyl (C=O) groups is 1. The van der Waals surface area contributed by atoms with E-state index in [2.05, 4.69) is 6.92 Å². The van der Waals surface area contributed by atoms with E-state index in [0.29, 0.717) is 17.4 Å². The summed E-state index contributed by atoms with van der Waals surface area (Å²) in [5.74, 6) is 2.78. The van der Waals surface area contributed by atoms with Crippen molar-refractivity contribution in [2.24, 2.45) is 5.92 Å². The summed E-state index contributed by atoms with van der Waals surface area (Å²) < 4.78 is 0. The van der Waals surface area contributed by atoms with Gasteiger partial charge in [0.2, 0.25) is 0 Å². The van der Waals surface area contributed by atoms with Crippen molar-refractivity contribution in [2.45, 2.75) is 19.3 Å². The average molecular weight is 236 g/mol. The van der Waals surface area contributed by atoms with Gasteiger partial charge in [-0.1, -0.05) is 19.1 Å². The van der Waals surface area contributed by atoms with E-state index in [-0.39, 0.29) is 0 Å². The highest BCUT2D eigenvalue weighted by molar-refractivity contribution is 7.99. The number of benzene rings is 1. The molecule has 2 rings (SSSR count). The molecule has 16 heavy (non-hydrogen) atoms. The van der Waals surface area contributed by atoms with Crippen LogP contribution in [-0.2, 0) is 0 Å². The molecule has 2 nitrogen and oxygen atoms in total. The zero-order valence-corrected chi connectivity index (χ0v) is 10.2. The number of aromatic carboxylic acids is 1. The lowest BCUT2D eigenvalue weighted by Crippen LogP contribution is -2.09. The molecule has 2 atom stereocenters. The van der Waals surface area contributed by atoms with Gasteiger partial charge in [-0.3, -0.25) is 0 Å². The van der Waals surface area contributed by atoms with Crippen LogP contribution in [-0.4, -0.2) is 22.6 Å². The zero-order valence-electron chi connectivity index (χ0n) is 9.35. The van der Waals surface area contributed by atoms with Gasteiger partial charge in [0.1, 0.15) is 0 Å². The Balaban J connectivity index is 2.18. The Morgan fingerprint density at radius 3 is 3.00 bits per heavy atom. The monoisotopic (exact) mass is 236 g/mol. The van der Waals surface area contributed by atoms with Gasteiger partial charge in [-0.2, -0.15) is 11.8 Å². The van der Waals surface area contributed by atoms with E-state index in [4.69, 9.17) is 5.11 Å². The fraction of sp³-hybridized carbons (Fsp3) is 0.462. The third-order valence-electron chi connectivity index (χ3n) is 3.33. The highest BCUT2D eigenvalue weighted by Gasteiger charge is 2.23. The largest absolute Gasteiger partial charge is 0.478 e. The quantitative estimate of drug-likeness (QED) is 0.875. The van der Waals surface area contributed by atoms with Crippen LogP contribution in [0.1, 0.15) is 35.2 Å². The Morgan fingerprint density at radius 2 is 2.38 bits per heavy atom. The Labute approximate surface area is 100 Å². The van der Waals surface area contributed by atoms with Crippen molar-refractivity contribution in [1.29, 1.82) is 0 Å². The predicted octanol–water partition coefficient (Wildman–Crippen LogP) is 3.24. The molecule has 0 amide bonds. The second-order valence-corrected chi connectivity index (χ2v) is 5.49. The van der Waals surface area contributed by atoms with Crippen molar-refractivity contribution in [2.75, 3.05) is 11.5 Å². The molecule has 0 radical (unpaired) electrons. The van der Waals surface area contributed by atoms with Gasteiger partial charge in [0, 0.05) is 0 Å². The van der Waals surface area contributed by atoms with Gasteiger partial charge in [0.05, 0.1) is 5.56 Å². The molecular weight excluding hydrogens is 220 g/mol. The molecule has 1 fully saturated rings. The van der Waals surface area contributed by atoms with Crippen LogP contribution in [0.4, 0.5) is 0 Å². The number of carboxylic acid groups (broad SMARTS) is 1. The Kier molecular flexibility index (Phi) is 3.54. The van der Waals surface area contributed by atoms with Crippen LogP contribution in [0.3, 0.4) is 0 Å². The molecule has 86 valence electrons. The minimum absolute atomic E-state index is 0.398. The first-order valence-electron chi connectivity index (χ1n) is 5.59. The fourth-order valence-electron chi connectivity index (χ4n) is 2.17. The SMILES string of the molecule is CC(c1cccc(C(=O)O)c1)C1CCSC1. The van der Waals surface area contributed by atoms with E-state index in [1.165, 1.54) is 17.9 Å². The molecule has 0 spiro atoms. The number of hydrogen-bond donors (Lipinski definition) is 1. The van der Waals surface area contributed by atoms with Crippen molar-refractivity contribution >= 4 is 17.7 Å². The number of rotatable bonds is 3. The van der Waals surface area contributed by atoms with Gasteiger partial charge in [0.15, 0.2) is 0 Å². The molecule has 1 aliphatic rings. The van der Waals surface area contributed by atoms with E-state index < -0.39 is 5.97 Å². The summed E-state index contributed by atoms with van der Waals surface area (Å²) in [6.45, 7) is 2.21. The Bertz CT molecular complexity index is 383. The van der Waals surface area contributed by atoms with E-state index >= 15 is 0 Å². The van der Waals surface area contributed by atoms with Gasteiger partial charge in [0.25, 0.3) is 0 Å². The average Bonchev–Trinajstić information content (AvgIpc) is 2.81. The van der Waals surface area contributed by atoms with E-state index in [9.17, 15) is 4.79 Å². The van der Waals surface area contributed by atoms with Crippen molar-refractivity contribution in [3.8, 4) is 0 Å². The van der Waals surface area contributed by atoms with Gasteiger partial charge in [-0.25, -0.2) is 4.79 Å². The summed E-state index contributed by atoms with van der Waals surface area (Å²) in [4.78, 5) is 10.9. The molecular formula is C13H16O2S. The van der Waals surface area contributed by atoms with Crippen LogP contribution >= 0.6 is 11.8 Å². The maximum Gasteiger partial charge on any atom is 0.335 e. The number of carboxylic acids is 1. The first kappa shape index (κ1) is 11.5. The van der Waals surface area contributed by atoms with Crippen LogP contribution in [0.5, 0.6) is 0 Å². The second-order valence-electron chi connectivity index (χ2n) is 4.34. The maximum absolute atomic E-state index is 10.9. The summed E-state index contributed by atoms with van der Waals surface area (Å²) in [5, 5.41) is 8.95. The molecule has 1 N–H and O–H groups in total. The minimum atomic E-state index is -0.838. The standard InChI is InChI=1S/C13H16O2S/c1-9(12-5-6-16-8-12)10-3-2-4-11(7-10)13(14)15/h2-4,7,9,12H,5-6,8H2,1H3,(H,14,15). The fourth-order valence-corrected chi connectivity index (χ4v) is 3.57. The Morgan fingerprint density at radius 1 is 1.56 bits per heavy atom. The van der Waals surface area contributed by atoms with Gasteiger partial charge >= 0.3 is 5.97 Å². The molecule has 0 bridgehead atoms. The van der Waals surface area contributed by atoms with Gasteiger partial charge < -0.3 is 5.11 Å². The number of hydrogen-bond acceptors (Lipinski definition) is 2. The van der Waals surface area contributed by atoms with Crippen LogP contribution in [0.15, 0.2) is 24.3 Å². The summed E-state index contributed by atoms with van der Waals surface area (Å²) in [6.07, 6.45) is 1.25. The maximum atomic E-state index is 10.9. The molecule has 0 saturated carbocycles. The second kappa shape index (κ2) is 4.91. The van der Waals surface area contributed by atoms with Gasteiger partial charge in [-0.15, -0.1) is 0 Å². The molecule has 1 aromatic rings. The molecule has 1 aromatic carbocycles. The van der Waals surface area contributed by atoms with E-state index in [1.807, 2.05) is 30.0 Å². The third kappa shape index (κ3) is 2.40. The lowest BCUT2D eigenvalue weighted by molar-refractivity contribution is 0.0696. The summed E-state index contributed by atoms with van der Waals surface area (Å²) >= 11 is 2.00.